The first kappa shape index (κ1) is 11.4. The molecule has 0 saturated carbocycles. The Kier molecular flexibility index (Phi) is 3.83. The molecule has 0 aromatic rings. The van der Waals surface area contributed by atoms with E-state index in [2.05, 4.69) is 0 Å². The van der Waals surface area contributed by atoms with Crippen molar-refractivity contribution in [2.75, 3.05) is 19.6 Å². The van der Waals surface area contributed by atoms with Gasteiger partial charge in [-0.25, -0.2) is 0 Å². The summed E-state index contributed by atoms with van der Waals surface area (Å²) in [5.41, 5.74) is 0. The van der Waals surface area contributed by atoms with Gasteiger partial charge in [-0.3, -0.25) is 9.59 Å². The van der Waals surface area contributed by atoms with Crippen LogP contribution in [0.25, 0.3) is 0 Å². The Bertz CT molecular complexity index is 342. The molecule has 1 rings (SSSR count). The third-order valence-electron chi connectivity index (χ3n) is 1.75. The van der Waals surface area contributed by atoms with Crippen LogP contribution in [0.3, 0.4) is 0 Å². The summed E-state index contributed by atoms with van der Waals surface area (Å²) in [5, 5.41) is 0. The number of thioether (sulfide) groups is 2. The molecule has 0 aromatic heterocycles. The molecule has 0 spiro atoms. The van der Waals surface area contributed by atoms with Crippen molar-refractivity contribution in [3.63, 3.8) is 0 Å². The lowest BCUT2D eigenvalue weighted by Gasteiger charge is -2.14. The van der Waals surface area contributed by atoms with Gasteiger partial charge in [0.2, 0.25) is 5.78 Å². The second-order valence-corrected chi connectivity index (χ2v) is 4.11. The van der Waals surface area contributed by atoms with E-state index >= 15 is 0 Å². The van der Waals surface area contributed by atoms with Gasteiger partial charge in [0.1, 0.15) is 0 Å². The Hall–Kier alpha value is -0.680. The van der Waals surface area contributed by atoms with Crippen molar-refractivity contribution in [2.24, 2.45) is 0 Å². The first-order valence-corrected chi connectivity index (χ1v) is 6.27. The van der Waals surface area contributed by atoms with Crippen LogP contribution < -0.4 is 0 Å². The van der Waals surface area contributed by atoms with E-state index in [1.807, 2.05) is 0 Å². The van der Waals surface area contributed by atoms with Gasteiger partial charge in [0.25, 0.3) is 0 Å². The molecule has 14 heavy (non-hydrogen) atoms. The zero-order valence-corrected chi connectivity index (χ0v) is 9.75. The van der Waals surface area contributed by atoms with E-state index in [9.17, 15) is 9.59 Å². The zero-order valence-electron chi connectivity index (χ0n) is 8.12. The highest BCUT2D eigenvalue weighted by Crippen LogP contribution is 2.32. The van der Waals surface area contributed by atoms with Crippen LogP contribution in [-0.2, 0) is 14.3 Å². The number of carbonyl (C=O) groups excluding carboxylic acids is 2. The normalized spacial score (nSPS) is 17.2. The Morgan fingerprint density at radius 1 is 1.14 bits per heavy atom. The Morgan fingerprint density at radius 3 is 2.14 bits per heavy atom. The Balaban J connectivity index is 3.17. The maximum absolute atomic E-state index is 11.7. The lowest BCUT2D eigenvalue weighted by molar-refractivity contribution is -0.117. The van der Waals surface area contributed by atoms with Gasteiger partial charge >= 0.3 is 0 Å². The highest BCUT2D eigenvalue weighted by molar-refractivity contribution is 8.07. The van der Waals surface area contributed by atoms with Crippen molar-refractivity contribution in [1.29, 1.82) is 0 Å². The van der Waals surface area contributed by atoms with Crippen LogP contribution in [0.15, 0.2) is 21.6 Å². The summed E-state index contributed by atoms with van der Waals surface area (Å²) in [6.45, 7) is 0. The Morgan fingerprint density at radius 2 is 1.71 bits per heavy atom. The third kappa shape index (κ3) is 1.88. The lowest BCUT2D eigenvalue weighted by Crippen LogP contribution is -2.17. The monoisotopic (exact) mass is 230 g/mol. The summed E-state index contributed by atoms with van der Waals surface area (Å²) < 4.78 is 4.83. The predicted octanol–water partition coefficient (Wildman–Crippen LogP) is 1.61. The number of ether oxygens (including phenoxy) is 1. The van der Waals surface area contributed by atoms with Gasteiger partial charge in [0, 0.05) is 6.08 Å². The van der Waals surface area contributed by atoms with Crippen LogP contribution in [0.2, 0.25) is 0 Å². The molecule has 1 aliphatic rings. The summed E-state index contributed by atoms with van der Waals surface area (Å²) in [6.07, 6.45) is 4.80. The van der Waals surface area contributed by atoms with Crippen molar-refractivity contribution < 1.29 is 14.3 Å². The Labute approximate surface area is 91.0 Å². The van der Waals surface area contributed by atoms with Crippen molar-refractivity contribution in [1.82, 2.24) is 0 Å². The number of ketones is 2. The average Bonchev–Trinajstić information content (AvgIpc) is 2.20. The molecule has 3 nitrogen and oxygen atoms in total. The fourth-order valence-electron chi connectivity index (χ4n) is 1.11. The fraction of sp³-hybridized carbons (Fsp3) is 0.333. The predicted molar refractivity (Wildman–Crippen MR) is 59.2 cm³/mol. The van der Waals surface area contributed by atoms with Gasteiger partial charge in [-0.1, -0.05) is 0 Å². The number of carbonyl (C=O) groups is 2. The minimum absolute atomic E-state index is 0.122. The highest BCUT2D eigenvalue weighted by atomic mass is 32.2. The SMILES string of the molecule is COC1=CC(=O)C(SC)=C(SC)C1=O. The van der Waals surface area contributed by atoms with Crippen molar-refractivity contribution in [3.8, 4) is 0 Å². The molecule has 1 aliphatic carbocycles. The lowest BCUT2D eigenvalue weighted by atomic mass is 10.1. The highest BCUT2D eigenvalue weighted by Gasteiger charge is 2.28. The van der Waals surface area contributed by atoms with E-state index in [0.717, 1.165) is 0 Å². The first-order valence-electron chi connectivity index (χ1n) is 3.82. The summed E-state index contributed by atoms with van der Waals surface area (Å²) in [5.74, 6) is -0.237. The molecule has 0 saturated heterocycles. The van der Waals surface area contributed by atoms with Gasteiger partial charge in [0.15, 0.2) is 11.5 Å². The molecule has 0 bridgehead atoms. The molecule has 0 radical (unpaired) electrons. The summed E-state index contributed by atoms with van der Waals surface area (Å²) >= 11 is 2.57. The number of rotatable bonds is 3. The summed E-state index contributed by atoms with van der Waals surface area (Å²) in [6, 6.07) is 0. The first-order chi connectivity index (χ1) is 6.65. The molecule has 0 unspecified atom stereocenters. The molecule has 0 atom stereocenters. The van der Waals surface area contributed by atoms with Gasteiger partial charge in [-0.15, -0.1) is 23.5 Å². The van der Waals surface area contributed by atoms with Gasteiger partial charge < -0.3 is 4.74 Å². The van der Waals surface area contributed by atoms with E-state index in [0.29, 0.717) is 9.81 Å². The number of allylic oxidation sites excluding steroid dienone is 3. The van der Waals surface area contributed by atoms with E-state index in [1.165, 1.54) is 36.7 Å². The number of hydrogen-bond donors (Lipinski definition) is 0. The van der Waals surface area contributed by atoms with Crippen molar-refractivity contribution in [2.45, 2.75) is 0 Å². The largest absolute Gasteiger partial charge is 0.492 e. The molecule has 0 aromatic carbocycles. The zero-order chi connectivity index (χ0) is 10.7. The number of hydrogen-bond acceptors (Lipinski definition) is 5. The smallest absolute Gasteiger partial charge is 0.235 e. The minimum Gasteiger partial charge on any atom is -0.492 e. The molecule has 0 aliphatic heterocycles. The molecular weight excluding hydrogens is 220 g/mol. The van der Waals surface area contributed by atoms with Crippen LogP contribution in [-0.4, -0.2) is 31.2 Å². The third-order valence-corrected chi connectivity index (χ3v) is 3.49. The summed E-state index contributed by atoms with van der Waals surface area (Å²) in [4.78, 5) is 24.2. The quantitative estimate of drug-likeness (QED) is 0.689. The molecule has 76 valence electrons. The molecule has 0 fully saturated rings. The van der Waals surface area contributed by atoms with E-state index in [-0.39, 0.29) is 17.3 Å². The summed E-state index contributed by atoms with van der Waals surface area (Å²) in [7, 11) is 1.39. The number of methoxy groups -OCH3 is 1. The second kappa shape index (κ2) is 4.70. The van der Waals surface area contributed by atoms with E-state index < -0.39 is 0 Å². The van der Waals surface area contributed by atoms with Crippen LogP contribution in [0.1, 0.15) is 0 Å². The molecule has 0 N–H and O–H groups in total. The maximum atomic E-state index is 11.7. The maximum Gasteiger partial charge on any atom is 0.235 e. The van der Waals surface area contributed by atoms with Crippen LogP contribution >= 0.6 is 23.5 Å². The molecule has 5 heteroatoms. The van der Waals surface area contributed by atoms with E-state index in [1.54, 1.807) is 12.5 Å². The van der Waals surface area contributed by atoms with Crippen molar-refractivity contribution in [3.05, 3.63) is 21.6 Å². The molecule has 0 heterocycles. The van der Waals surface area contributed by atoms with Gasteiger partial charge in [-0.2, -0.15) is 0 Å². The fourth-order valence-corrected chi connectivity index (χ4v) is 2.72. The second-order valence-electron chi connectivity index (χ2n) is 2.47. The topological polar surface area (TPSA) is 43.4 Å². The minimum atomic E-state index is -0.205. The van der Waals surface area contributed by atoms with E-state index in [4.69, 9.17) is 4.74 Å². The standard InChI is InChI=1S/C9H10O3S2/c1-12-6-4-5(10)8(13-2)9(14-3)7(6)11/h4H,1-3H3. The average molecular weight is 230 g/mol. The van der Waals surface area contributed by atoms with Gasteiger partial charge in [-0.05, 0) is 12.5 Å². The number of Topliss-reactive ketones (excluding diaryl/α,β-unsaturated/α-hetero) is 1. The van der Waals surface area contributed by atoms with Gasteiger partial charge in [0.05, 0.1) is 16.9 Å². The van der Waals surface area contributed by atoms with Crippen LogP contribution in [0, 0.1) is 0 Å². The van der Waals surface area contributed by atoms with Crippen molar-refractivity contribution >= 4 is 35.1 Å². The molecule has 0 amide bonds. The molecular formula is C9H10O3S2. The van der Waals surface area contributed by atoms with Crippen LogP contribution in [0.5, 0.6) is 0 Å². The van der Waals surface area contributed by atoms with Crippen LogP contribution in [0.4, 0.5) is 0 Å².